The molecule has 0 fully saturated rings. The van der Waals surface area contributed by atoms with E-state index in [1.165, 1.54) is 32.7 Å². The second kappa shape index (κ2) is 10.8. The van der Waals surface area contributed by atoms with Crippen molar-refractivity contribution in [3.8, 4) is 44.8 Å². The van der Waals surface area contributed by atoms with Gasteiger partial charge in [0.15, 0.2) is 5.65 Å². The van der Waals surface area contributed by atoms with Crippen LogP contribution < -0.4 is 0 Å². The number of benzene rings is 7. The molecule has 0 saturated heterocycles. The summed E-state index contributed by atoms with van der Waals surface area (Å²) in [7, 11) is 0. The lowest BCUT2D eigenvalue weighted by molar-refractivity contribution is 1.30. The molecule has 214 valence electrons. The van der Waals surface area contributed by atoms with Crippen LogP contribution in [0.4, 0.5) is 0 Å². The molecule has 0 saturated carbocycles. The monoisotopic (exact) mass is 584 g/mol. The van der Waals surface area contributed by atoms with Crippen LogP contribution in [0, 0.1) is 0 Å². The molecule has 0 bridgehead atoms. The normalized spacial score (nSPS) is 11.5. The summed E-state index contributed by atoms with van der Waals surface area (Å²) in [6.07, 6.45) is 0. The van der Waals surface area contributed by atoms with E-state index in [0.717, 1.165) is 55.4 Å². The molecule has 0 unspecified atom stereocenters. The van der Waals surface area contributed by atoms with Crippen LogP contribution in [0.2, 0.25) is 0 Å². The minimum atomic E-state index is 0.743. The fourth-order valence-electron chi connectivity index (χ4n) is 6.71. The lowest BCUT2D eigenvalue weighted by atomic mass is 9.92. The number of fused-ring (bicyclic) bond motifs is 5. The molecule has 46 heavy (non-hydrogen) atoms. The van der Waals surface area contributed by atoms with Gasteiger partial charge in [0.25, 0.3) is 0 Å². The van der Waals surface area contributed by atoms with Gasteiger partial charge in [0.2, 0.25) is 0 Å². The van der Waals surface area contributed by atoms with Crippen molar-refractivity contribution in [2.45, 2.75) is 0 Å². The average Bonchev–Trinajstić information content (AvgIpc) is 3.14. The second-order valence-electron chi connectivity index (χ2n) is 11.8. The van der Waals surface area contributed by atoms with Crippen LogP contribution in [-0.4, -0.2) is 9.97 Å². The van der Waals surface area contributed by atoms with Crippen LogP contribution in [0.1, 0.15) is 0 Å². The molecule has 0 spiro atoms. The van der Waals surface area contributed by atoms with Crippen LogP contribution in [0.3, 0.4) is 0 Å². The first-order valence-electron chi connectivity index (χ1n) is 15.7. The maximum Gasteiger partial charge on any atom is 0.161 e. The van der Waals surface area contributed by atoms with E-state index < -0.39 is 0 Å². The first kappa shape index (κ1) is 26.3. The number of aromatic nitrogens is 2. The van der Waals surface area contributed by atoms with Crippen molar-refractivity contribution in [1.82, 2.24) is 9.97 Å². The van der Waals surface area contributed by atoms with E-state index in [9.17, 15) is 0 Å². The Morgan fingerprint density at radius 1 is 0.326 bits per heavy atom. The molecule has 2 aromatic heterocycles. The predicted molar refractivity (Wildman–Crippen MR) is 194 cm³/mol. The molecule has 0 aliphatic carbocycles. The summed E-state index contributed by atoms with van der Waals surface area (Å²) >= 11 is 0. The highest BCUT2D eigenvalue weighted by Crippen LogP contribution is 2.41. The topological polar surface area (TPSA) is 25.8 Å². The first-order chi connectivity index (χ1) is 22.8. The Labute approximate surface area is 267 Å². The Morgan fingerprint density at radius 3 is 1.59 bits per heavy atom. The number of hydrogen-bond donors (Lipinski definition) is 0. The van der Waals surface area contributed by atoms with E-state index >= 15 is 0 Å². The van der Waals surface area contributed by atoms with Crippen molar-refractivity contribution in [1.29, 1.82) is 0 Å². The summed E-state index contributed by atoms with van der Waals surface area (Å²) in [5, 5.41) is 8.13. The van der Waals surface area contributed by atoms with Crippen molar-refractivity contribution >= 4 is 43.4 Å². The van der Waals surface area contributed by atoms with Gasteiger partial charge in [-0.25, -0.2) is 9.97 Å². The van der Waals surface area contributed by atoms with Crippen LogP contribution in [0.15, 0.2) is 170 Å². The minimum absolute atomic E-state index is 0.743. The van der Waals surface area contributed by atoms with E-state index in [-0.39, 0.29) is 0 Å². The van der Waals surface area contributed by atoms with Crippen molar-refractivity contribution < 1.29 is 0 Å². The van der Waals surface area contributed by atoms with Gasteiger partial charge in [-0.3, -0.25) is 0 Å². The Bertz CT molecular complexity index is 2570. The molecule has 7 aromatic carbocycles. The van der Waals surface area contributed by atoms with Gasteiger partial charge in [0, 0.05) is 21.9 Å². The zero-order valence-electron chi connectivity index (χ0n) is 25.1. The molecule has 2 nitrogen and oxygen atoms in total. The predicted octanol–water partition coefficient (Wildman–Crippen LogP) is 11.8. The van der Waals surface area contributed by atoms with Gasteiger partial charge in [0.05, 0.1) is 11.4 Å². The average molecular weight is 585 g/mol. The largest absolute Gasteiger partial charge is 0.228 e. The Hall–Kier alpha value is -6.12. The quantitative estimate of drug-likeness (QED) is 0.192. The highest BCUT2D eigenvalue weighted by atomic mass is 14.9. The zero-order chi connectivity index (χ0) is 30.5. The van der Waals surface area contributed by atoms with Gasteiger partial charge in [-0.1, -0.05) is 146 Å². The molecule has 0 N–H and O–H groups in total. The third-order valence-corrected chi connectivity index (χ3v) is 9.02. The minimum Gasteiger partial charge on any atom is -0.228 e. The molecule has 0 amide bonds. The van der Waals surface area contributed by atoms with Gasteiger partial charge < -0.3 is 0 Å². The van der Waals surface area contributed by atoms with E-state index in [1.807, 2.05) is 0 Å². The zero-order valence-corrected chi connectivity index (χ0v) is 25.1. The van der Waals surface area contributed by atoms with E-state index in [4.69, 9.17) is 9.97 Å². The van der Waals surface area contributed by atoms with E-state index in [2.05, 4.69) is 170 Å². The second-order valence-corrected chi connectivity index (χ2v) is 11.8. The number of nitrogens with zero attached hydrogens (tertiary/aromatic N) is 2. The first-order valence-corrected chi connectivity index (χ1v) is 15.7. The van der Waals surface area contributed by atoms with Crippen molar-refractivity contribution in [3.05, 3.63) is 170 Å². The van der Waals surface area contributed by atoms with E-state index in [0.29, 0.717) is 0 Å². The van der Waals surface area contributed by atoms with Crippen LogP contribution >= 0.6 is 0 Å². The van der Waals surface area contributed by atoms with E-state index in [1.54, 1.807) is 0 Å². The summed E-state index contributed by atoms with van der Waals surface area (Å²) in [5.41, 5.74) is 9.37. The molecule has 2 heterocycles. The summed E-state index contributed by atoms with van der Waals surface area (Å²) in [5.74, 6) is 0. The van der Waals surface area contributed by atoms with Gasteiger partial charge in [-0.15, -0.1) is 0 Å². The Kier molecular flexibility index (Phi) is 6.17. The molecule has 9 aromatic rings. The molecular weight excluding hydrogens is 556 g/mol. The summed E-state index contributed by atoms with van der Waals surface area (Å²) in [6, 6.07) is 60.4. The van der Waals surface area contributed by atoms with Crippen molar-refractivity contribution in [2.24, 2.45) is 0 Å². The molecule has 9 rings (SSSR count). The molecule has 0 aliphatic rings. The summed E-state index contributed by atoms with van der Waals surface area (Å²) < 4.78 is 0. The fraction of sp³-hybridized carbons (Fsp3) is 0. The Morgan fingerprint density at radius 2 is 0.891 bits per heavy atom. The lowest BCUT2D eigenvalue weighted by Gasteiger charge is -2.16. The van der Waals surface area contributed by atoms with Gasteiger partial charge in [-0.2, -0.15) is 0 Å². The molecule has 0 aliphatic heterocycles. The maximum atomic E-state index is 5.44. The SMILES string of the molecule is c1ccc(-c2ccc3c(c2)c(-c2ccc4ccccc4c2)nc2nc(-c4ccc5ccccc5c4)cc(-c4ccccc4)c23)cc1. The smallest absolute Gasteiger partial charge is 0.161 e. The Balaban J connectivity index is 1.38. The molecular formula is C44H28N2. The lowest BCUT2D eigenvalue weighted by Crippen LogP contribution is -1.97. The third kappa shape index (κ3) is 4.51. The molecule has 2 heteroatoms. The highest BCUT2D eigenvalue weighted by molar-refractivity contribution is 6.17. The van der Waals surface area contributed by atoms with Crippen LogP contribution in [0.5, 0.6) is 0 Å². The van der Waals surface area contributed by atoms with Crippen molar-refractivity contribution in [2.75, 3.05) is 0 Å². The van der Waals surface area contributed by atoms with Gasteiger partial charge in [-0.05, 0) is 73.5 Å². The third-order valence-electron chi connectivity index (χ3n) is 9.02. The number of pyridine rings is 2. The van der Waals surface area contributed by atoms with Gasteiger partial charge in [0.1, 0.15) is 0 Å². The maximum absolute atomic E-state index is 5.44. The number of rotatable bonds is 4. The fourth-order valence-corrected chi connectivity index (χ4v) is 6.71. The molecule has 0 atom stereocenters. The summed E-state index contributed by atoms with van der Waals surface area (Å²) in [6.45, 7) is 0. The van der Waals surface area contributed by atoms with Crippen LogP contribution in [-0.2, 0) is 0 Å². The van der Waals surface area contributed by atoms with Crippen molar-refractivity contribution in [3.63, 3.8) is 0 Å². The standard InChI is InChI=1S/C44H28N2/c1-3-11-29(12-4-1)35-23-24-38-40(27-35)43(37-22-20-31-14-8-10-18-34(31)26-37)46-44-42(38)39(32-15-5-2-6-16-32)28-41(45-44)36-21-19-30-13-7-9-17-33(30)25-36/h1-28H. The van der Waals surface area contributed by atoms with Crippen LogP contribution in [0.25, 0.3) is 88.1 Å². The molecule has 0 radical (unpaired) electrons. The summed E-state index contributed by atoms with van der Waals surface area (Å²) in [4.78, 5) is 10.7. The van der Waals surface area contributed by atoms with Gasteiger partial charge >= 0.3 is 0 Å². The number of hydrogen-bond acceptors (Lipinski definition) is 2. The highest BCUT2D eigenvalue weighted by Gasteiger charge is 2.18.